The van der Waals surface area contributed by atoms with E-state index >= 15 is 0 Å². The Balaban J connectivity index is 1.48. The molecule has 2 amide bonds. The molecular weight excluding hydrogens is 342 g/mol. The van der Waals surface area contributed by atoms with Crippen LogP contribution in [0.1, 0.15) is 29.5 Å². The molecule has 0 saturated carbocycles. The number of nitrogens with one attached hydrogen (secondary N) is 1. The first-order valence-electron chi connectivity index (χ1n) is 9.03. The Bertz CT molecular complexity index is 944. The van der Waals surface area contributed by atoms with E-state index < -0.39 is 0 Å². The highest BCUT2D eigenvalue weighted by Gasteiger charge is 2.29. The number of nitriles is 1. The van der Waals surface area contributed by atoms with Crippen molar-refractivity contribution in [2.45, 2.75) is 25.7 Å². The molecule has 2 aromatic rings. The van der Waals surface area contributed by atoms with Crippen LogP contribution in [0.5, 0.6) is 5.75 Å². The molecule has 6 heteroatoms. The molecular formula is C21H19N3O3. The van der Waals surface area contributed by atoms with Crippen molar-refractivity contribution in [2.24, 2.45) is 0 Å². The third kappa shape index (κ3) is 3.36. The van der Waals surface area contributed by atoms with Gasteiger partial charge in [0.2, 0.25) is 5.91 Å². The van der Waals surface area contributed by atoms with Crippen LogP contribution in [0.15, 0.2) is 36.4 Å². The summed E-state index contributed by atoms with van der Waals surface area (Å²) in [6.07, 6.45) is 3.05. The van der Waals surface area contributed by atoms with Crippen LogP contribution < -0.4 is 15.0 Å². The molecule has 0 saturated heterocycles. The fraction of sp³-hybridized carbons (Fsp3) is 0.286. The highest BCUT2D eigenvalue weighted by atomic mass is 16.5. The minimum Gasteiger partial charge on any atom is -0.482 e. The van der Waals surface area contributed by atoms with Crippen LogP contribution in [0.4, 0.5) is 11.4 Å². The fourth-order valence-electron chi connectivity index (χ4n) is 3.75. The van der Waals surface area contributed by atoms with E-state index in [4.69, 9.17) is 10.00 Å². The van der Waals surface area contributed by atoms with Gasteiger partial charge in [0.15, 0.2) is 6.61 Å². The first-order chi connectivity index (χ1) is 13.2. The summed E-state index contributed by atoms with van der Waals surface area (Å²) >= 11 is 0. The number of hydrogen-bond acceptors (Lipinski definition) is 4. The van der Waals surface area contributed by atoms with Gasteiger partial charge in [-0.3, -0.25) is 9.59 Å². The number of anilines is 2. The quantitative estimate of drug-likeness (QED) is 0.908. The van der Waals surface area contributed by atoms with Crippen molar-refractivity contribution in [3.63, 3.8) is 0 Å². The monoisotopic (exact) mass is 361 g/mol. The van der Waals surface area contributed by atoms with Crippen molar-refractivity contribution in [1.29, 1.82) is 5.26 Å². The maximum Gasteiger partial charge on any atom is 0.262 e. The number of nitrogens with zero attached hydrogens (tertiary/aromatic N) is 2. The van der Waals surface area contributed by atoms with E-state index in [9.17, 15) is 9.59 Å². The summed E-state index contributed by atoms with van der Waals surface area (Å²) in [4.78, 5) is 26.3. The van der Waals surface area contributed by atoms with E-state index in [1.54, 1.807) is 24.3 Å². The third-order valence-electron chi connectivity index (χ3n) is 4.92. The number of carbonyl (C=O) groups is 2. The third-order valence-corrected chi connectivity index (χ3v) is 4.92. The lowest BCUT2D eigenvalue weighted by Crippen LogP contribution is -2.39. The highest BCUT2D eigenvalue weighted by Crippen LogP contribution is 2.37. The second kappa shape index (κ2) is 7.12. The van der Waals surface area contributed by atoms with Crippen molar-refractivity contribution < 1.29 is 14.3 Å². The van der Waals surface area contributed by atoms with E-state index in [0.717, 1.165) is 41.9 Å². The summed E-state index contributed by atoms with van der Waals surface area (Å²) in [6, 6.07) is 12.8. The predicted molar refractivity (Wildman–Crippen MR) is 101 cm³/mol. The molecule has 1 N–H and O–H groups in total. The SMILES string of the molecule is N#Cc1ccccc1OCC(=O)Nc1cc2c3c(c1)CCC(=O)N3CCC2. The number of hydrogen-bond donors (Lipinski definition) is 1. The van der Waals surface area contributed by atoms with Gasteiger partial charge >= 0.3 is 0 Å². The maximum absolute atomic E-state index is 12.3. The van der Waals surface area contributed by atoms with Gasteiger partial charge in [-0.2, -0.15) is 5.26 Å². The molecule has 0 aliphatic carbocycles. The molecule has 2 aliphatic rings. The first-order valence-corrected chi connectivity index (χ1v) is 9.03. The number of ether oxygens (including phenoxy) is 1. The van der Waals surface area contributed by atoms with Crippen LogP contribution in [-0.4, -0.2) is 25.0 Å². The number of para-hydroxylation sites is 1. The molecule has 2 aliphatic heterocycles. The Labute approximate surface area is 157 Å². The van der Waals surface area contributed by atoms with E-state index in [1.165, 1.54) is 0 Å². The number of carbonyl (C=O) groups excluding carboxylic acids is 2. The zero-order valence-electron chi connectivity index (χ0n) is 14.8. The van der Waals surface area contributed by atoms with E-state index in [1.807, 2.05) is 23.1 Å². The Morgan fingerprint density at radius 3 is 2.78 bits per heavy atom. The molecule has 0 bridgehead atoms. The van der Waals surface area contributed by atoms with Gasteiger partial charge < -0.3 is 15.0 Å². The van der Waals surface area contributed by atoms with Crippen LogP contribution in [0.3, 0.4) is 0 Å². The molecule has 0 aromatic heterocycles. The zero-order chi connectivity index (χ0) is 18.8. The topological polar surface area (TPSA) is 82.4 Å². The predicted octanol–water partition coefficient (Wildman–Crippen LogP) is 2.80. The zero-order valence-corrected chi connectivity index (χ0v) is 14.8. The van der Waals surface area contributed by atoms with Gasteiger partial charge in [-0.25, -0.2) is 0 Å². The van der Waals surface area contributed by atoms with Crippen molar-refractivity contribution in [1.82, 2.24) is 0 Å². The van der Waals surface area contributed by atoms with E-state index in [2.05, 4.69) is 5.32 Å². The molecule has 0 unspecified atom stereocenters. The van der Waals surface area contributed by atoms with Crippen molar-refractivity contribution in [3.05, 3.63) is 53.1 Å². The molecule has 0 radical (unpaired) electrons. The molecule has 4 rings (SSSR count). The summed E-state index contributed by atoms with van der Waals surface area (Å²) in [5, 5.41) is 12.0. The second-order valence-electron chi connectivity index (χ2n) is 6.74. The van der Waals surface area contributed by atoms with Crippen LogP contribution in [0.2, 0.25) is 0 Å². The Morgan fingerprint density at radius 2 is 1.96 bits per heavy atom. The molecule has 2 aromatic carbocycles. The van der Waals surface area contributed by atoms with Crippen LogP contribution in [0.25, 0.3) is 0 Å². The van der Waals surface area contributed by atoms with E-state index in [0.29, 0.717) is 24.2 Å². The van der Waals surface area contributed by atoms with Gasteiger partial charge in [-0.1, -0.05) is 12.1 Å². The molecule has 0 spiro atoms. The molecule has 0 fully saturated rings. The Hall–Kier alpha value is -3.33. The summed E-state index contributed by atoms with van der Waals surface area (Å²) < 4.78 is 5.49. The van der Waals surface area contributed by atoms with Crippen molar-refractivity contribution in [2.75, 3.05) is 23.4 Å². The summed E-state index contributed by atoms with van der Waals surface area (Å²) in [5.41, 5.74) is 4.38. The molecule has 0 atom stereocenters. The van der Waals surface area contributed by atoms with Crippen molar-refractivity contribution >= 4 is 23.2 Å². The average molecular weight is 361 g/mol. The van der Waals surface area contributed by atoms with Crippen molar-refractivity contribution in [3.8, 4) is 11.8 Å². The average Bonchev–Trinajstić information content (AvgIpc) is 2.69. The van der Waals surface area contributed by atoms with Gasteiger partial charge in [0, 0.05) is 18.7 Å². The summed E-state index contributed by atoms with van der Waals surface area (Å²) in [6.45, 7) is 0.604. The van der Waals surface area contributed by atoms with Crippen LogP contribution in [0, 0.1) is 11.3 Å². The second-order valence-corrected chi connectivity index (χ2v) is 6.74. The molecule has 136 valence electrons. The summed E-state index contributed by atoms with van der Waals surface area (Å²) in [7, 11) is 0. The number of benzene rings is 2. The standard InChI is InChI=1S/C21H19N3O3/c22-12-16-4-1-2-6-18(16)27-13-19(25)23-17-10-14-5-3-9-24-20(26)8-7-15(11-17)21(14)24/h1-2,4,6,10-11H,3,5,7-9,13H2,(H,23,25). The lowest BCUT2D eigenvalue weighted by Gasteiger charge is -2.35. The Kier molecular flexibility index (Phi) is 4.51. The molecule has 27 heavy (non-hydrogen) atoms. The Morgan fingerprint density at radius 1 is 1.19 bits per heavy atom. The van der Waals surface area contributed by atoms with Crippen LogP contribution in [-0.2, 0) is 22.4 Å². The minimum atomic E-state index is -0.283. The number of rotatable bonds is 4. The number of aryl methyl sites for hydroxylation is 2. The van der Waals surface area contributed by atoms with Crippen LogP contribution >= 0.6 is 0 Å². The van der Waals surface area contributed by atoms with Gasteiger partial charge in [-0.05, 0) is 54.7 Å². The number of amides is 2. The minimum absolute atomic E-state index is 0.171. The van der Waals surface area contributed by atoms with Gasteiger partial charge in [0.05, 0.1) is 11.3 Å². The summed E-state index contributed by atoms with van der Waals surface area (Å²) in [5.74, 6) is 0.295. The lowest BCUT2D eigenvalue weighted by molar-refractivity contribution is -0.119. The highest BCUT2D eigenvalue weighted by molar-refractivity contribution is 5.99. The first kappa shape index (κ1) is 17.1. The van der Waals surface area contributed by atoms with Gasteiger partial charge in [-0.15, -0.1) is 0 Å². The fourth-order valence-corrected chi connectivity index (χ4v) is 3.75. The normalized spacial score (nSPS) is 14.9. The largest absolute Gasteiger partial charge is 0.482 e. The van der Waals surface area contributed by atoms with Gasteiger partial charge in [0.1, 0.15) is 11.8 Å². The lowest BCUT2D eigenvalue weighted by atomic mass is 9.91. The molecule has 2 heterocycles. The smallest absolute Gasteiger partial charge is 0.262 e. The van der Waals surface area contributed by atoms with E-state index in [-0.39, 0.29) is 18.4 Å². The maximum atomic E-state index is 12.3. The van der Waals surface area contributed by atoms with Gasteiger partial charge in [0.25, 0.3) is 5.91 Å². The molecule has 6 nitrogen and oxygen atoms in total.